The number of nitrogens with zero attached hydrogens (tertiary/aromatic N) is 3. The summed E-state index contributed by atoms with van der Waals surface area (Å²) in [6.07, 6.45) is 0.640. The molecular weight excluding hydrogens is 380 g/mol. The molecule has 2 aromatic carbocycles. The molecule has 0 bridgehead atoms. The number of carboxylic acids is 1. The van der Waals surface area contributed by atoms with Gasteiger partial charge in [0.25, 0.3) is 5.69 Å². The van der Waals surface area contributed by atoms with E-state index in [1.807, 2.05) is 0 Å². The first kappa shape index (κ1) is 19.9. The summed E-state index contributed by atoms with van der Waals surface area (Å²) < 4.78 is 0. The Bertz CT molecular complexity index is 1010. The predicted molar refractivity (Wildman–Crippen MR) is 102 cm³/mol. The Morgan fingerprint density at radius 2 is 1.83 bits per heavy atom. The lowest BCUT2D eigenvalue weighted by atomic mass is 9.73. The minimum atomic E-state index is -1.25. The smallest absolute Gasteiger partial charge is 0.301 e. The summed E-state index contributed by atoms with van der Waals surface area (Å²) in [5.74, 6) is -1.72. The van der Waals surface area contributed by atoms with Crippen LogP contribution in [0.4, 0.5) is 17.1 Å². The zero-order valence-electron chi connectivity index (χ0n) is 15.4. The highest BCUT2D eigenvalue weighted by Gasteiger charge is 2.46. The molecule has 1 saturated carbocycles. The molecule has 1 aliphatic rings. The summed E-state index contributed by atoms with van der Waals surface area (Å²) >= 11 is 0. The van der Waals surface area contributed by atoms with Crippen molar-refractivity contribution in [3.8, 4) is 0 Å². The number of nitro benzene ring substituents is 2. The van der Waals surface area contributed by atoms with Gasteiger partial charge in [0.05, 0.1) is 21.9 Å². The molecule has 0 aliphatic heterocycles. The number of benzene rings is 2. The maximum absolute atomic E-state index is 12.1. The van der Waals surface area contributed by atoms with Crippen LogP contribution in [0.3, 0.4) is 0 Å². The Hall–Kier alpha value is -3.82. The number of carboxylic acid groups (broad SMARTS) is 1. The van der Waals surface area contributed by atoms with Crippen LogP contribution in [0.15, 0.2) is 53.6 Å². The highest BCUT2D eigenvalue weighted by atomic mass is 16.6. The van der Waals surface area contributed by atoms with Crippen LogP contribution in [0.25, 0.3) is 0 Å². The van der Waals surface area contributed by atoms with Gasteiger partial charge in [0.15, 0.2) is 0 Å². The van der Waals surface area contributed by atoms with Crippen LogP contribution in [0.2, 0.25) is 0 Å². The quantitative estimate of drug-likeness (QED) is 0.580. The van der Waals surface area contributed by atoms with E-state index in [9.17, 15) is 30.1 Å². The zero-order valence-corrected chi connectivity index (χ0v) is 15.4. The SMILES string of the molecule is C[C@@H]1/C(=N/Nc2ccc([N+](=O)[O-])cc2[N+](=O)[O-])CC[C@]1(C(=O)[O-])c1ccccc1. The molecule has 150 valence electrons. The molecule has 2 aromatic rings. The van der Waals surface area contributed by atoms with Gasteiger partial charge >= 0.3 is 5.69 Å². The third kappa shape index (κ3) is 3.51. The minimum Gasteiger partial charge on any atom is -0.549 e. The number of carbonyl (C=O) groups excluding carboxylic acids is 1. The Morgan fingerprint density at radius 3 is 2.41 bits per heavy atom. The number of nitro groups is 2. The van der Waals surface area contributed by atoms with Crippen molar-refractivity contribution in [3.05, 3.63) is 74.3 Å². The molecule has 1 fully saturated rings. The molecule has 10 heteroatoms. The molecular formula is C19H17N4O6-. The third-order valence-electron chi connectivity index (χ3n) is 5.38. The van der Waals surface area contributed by atoms with Gasteiger partial charge < -0.3 is 9.90 Å². The zero-order chi connectivity index (χ0) is 21.2. The van der Waals surface area contributed by atoms with Crippen LogP contribution in [0.1, 0.15) is 25.3 Å². The van der Waals surface area contributed by atoms with E-state index in [1.54, 1.807) is 37.3 Å². The normalized spacial score (nSPS) is 22.4. The van der Waals surface area contributed by atoms with Gasteiger partial charge in [0.2, 0.25) is 0 Å². The lowest BCUT2D eigenvalue weighted by Crippen LogP contribution is -2.48. The van der Waals surface area contributed by atoms with Crippen molar-refractivity contribution in [2.45, 2.75) is 25.2 Å². The lowest BCUT2D eigenvalue weighted by Gasteiger charge is -2.35. The Labute approximate surface area is 165 Å². The van der Waals surface area contributed by atoms with Crippen LogP contribution in [-0.2, 0) is 10.2 Å². The Kier molecular flexibility index (Phi) is 5.26. The van der Waals surface area contributed by atoms with Crippen molar-refractivity contribution < 1.29 is 19.7 Å². The van der Waals surface area contributed by atoms with Crippen molar-refractivity contribution in [1.29, 1.82) is 0 Å². The summed E-state index contributed by atoms with van der Waals surface area (Å²) in [4.78, 5) is 32.7. The first-order valence-corrected chi connectivity index (χ1v) is 8.79. The first-order valence-electron chi connectivity index (χ1n) is 8.79. The van der Waals surface area contributed by atoms with Crippen LogP contribution < -0.4 is 10.5 Å². The number of hydrogen-bond acceptors (Lipinski definition) is 8. The van der Waals surface area contributed by atoms with Crippen LogP contribution >= 0.6 is 0 Å². The molecule has 10 nitrogen and oxygen atoms in total. The highest BCUT2D eigenvalue weighted by Crippen LogP contribution is 2.44. The van der Waals surface area contributed by atoms with Gasteiger partial charge in [-0.3, -0.25) is 25.7 Å². The lowest BCUT2D eigenvalue weighted by molar-refractivity contribution is -0.393. The van der Waals surface area contributed by atoms with E-state index in [-0.39, 0.29) is 12.1 Å². The van der Waals surface area contributed by atoms with Crippen LogP contribution in [-0.4, -0.2) is 21.5 Å². The number of rotatable bonds is 6. The number of hydrogen-bond donors (Lipinski definition) is 1. The largest absolute Gasteiger partial charge is 0.549 e. The van der Waals surface area contributed by atoms with Crippen LogP contribution in [0.5, 0.6) is 0 Å². The van der Waals surface area contributed by atoms with E-state index >= 15 is 0 Å². The van der Waals surface area contributed by atoms with Crippen molar-refractivity contribution in [1.82, 2.24) is 0 Å². The maximum atomic E-state index is 12.1. The summed E-state index contributed by atoms with van der Waals surface area (Å²) in [7, 11) is 0. The number of anilines is 1. The molecule has 3 rings (SSSR count). The fourth-order valence-electron chi connectivity index (χ4n) is 3.73. The molecule has 0 radical (unpaired) electrons. The van der Waals surface area contributed by atoms with E-state index in [0.717, 1.165) is 12.1 Å². The predicted octanol–water partition coefficient (Wildman–Crippen LogP) is 2.39. The second kappa shape index (κ2) is 7.66. The summed E-state index contributed by atoms with van der Waals surface area (Å²) in [5.41, 5.74) is 1.52. The van der Waals surface area contributed by atoms with Crippen molar-refractivity contribution >= 4 is 28.7 Å². The fraction of sp³-hybridized carbons (Fsp3) is 0.263. The van der Waals surface area contributed by atoms with Gasteiger partial charge in [-0.2, -0.15) is 5.10 Å². The number of carbonyl (C=O) groups is 1. The van der Waals surface area contributed by atoms with Crippen molar-refractivity contribution in [3.63, 3.8) is 0 Å². The summed E-state index contributed by atoms with van der Waals surface area (Å²) in [6.45, 7) is 1.72. The summed E-state index contributed by atoms with van der Waals surface area (Å²) in [6, 6.07) is 11.9. The van der Waals surface area contributed by atoms with Gasteiger partial charge in [0.1, 0.15) is 5.69 Å². The second-order valence-corrected chi connectivity index (χ2v) is 6.78. The standard InChI is InChI=1S/C19H18N4O6/c1-12-15(9-10-19(12,18(24)25)13-5-3-2-4-6-13)20-21-16-8-7-14(22(26)27)11-17(16)23(28)29/h2-8,11-12,21H,9-10H2,1H3,(H,24,25)/p-1/b20-15+/t12-,19-/m1/s1. The van der Waals surface area contributed by atoms with E-state index in [4.69, 9.17) is 0 Å². The second-order valence-electron chi connectivity index (χ2n) is 6.78. The van der Waals surface area contributed by atoms with E-state index in [0.29, 0.717) is 17.7 Å². The monoisotopic (exact) mass is 397 g/mol. The Balaban J connectivity index is 1.92. The van der Waals surface area contributed by atoms with Gasteiger partial charge in [-0.05, 0) is 24.5 Å². The number of aliphatic carboxylic acids is 1. The van der Waals surface area contributed by atoms with Gasteiger partial charge in [-0.25, -0.2) is 0 Å². The maximum Gasteiger partial charge on any atom is 0.301 e. The highest BCUT2D eigenvalue weighted by molar-refractivity contribution is 5.98. The van der Waals surface area contributed by atoms with Gasteiger partial charge in [0, 0.05) is 23.1 Å². The topological polar surface area (TPSA) is 151 Å². The molecule has 1 N–H and O–H groups in total. The van der Waals surface area contributed by atoms with E-state index < -0.39 is 38.5 Å². The van der Waals surface area contributed by atoms with E-state index in [2.05, 4.69) is 10.5 Å². The number of non-ortho nitro benzene ring substituents is 1. The van der Waals surface area contributed by atoms with Crippen molar-refractivity contribution in [2.24, 2.45) is 11.0 Å². The minimum absolute atomic E-state index is 0.0223. The Morgan fingerprint density at radius 1 is 1.14 bits per heavy atom. The third-order valence-corrected chi connectivity index (χ3v) is 5.38. The fourth-order valence-corrected chi connectivity index (χ4v) is 3.73. The average Bonchev–Trinajstić information content (AvgIpc) is 3.04. The number of hydrazone groups is 1. The molecule has 0 saturated heterocycles. The molecule has 1 aliphatic carbocycles. The molecule has 0 spiro atoms. The summed E-state index contributed by atoms with van der Waals surface area (Å²) in [5, 5.41) is 38.3. The van der Waals surface area contributed by atoms with E-state index in [1.165, 1.54) is 6.07 Å². The molecule has 2 atom stereocenters. The van der Waals surface area contributed by atoms with Gasteiger partial charge in [-0.15, -0.1) is 0 Å². The number of nitrogens with one attached hydrogen (secondary N) is 1. The molecule has 29 heavy (non-hydrogen) atoms. The average molecular weight is 397 g/mol. The molecule has 0 amide bonds. The van der Waals surface area contributed by atoms with Crippen LogP contribution in [0, 0.1) is 26.1 Å². The van der Waals surface area contributed by atoms with Crippen molar-refractivity contribution in [2.75, 3.05) is 5.43 Å². The van der Waals surface area contributed by atoms with Gasteiger partial charge in [-0.1, -0.05) is 37.3 Å². The molecule has 0 aromatic heterocycles. The molecule has 0 heterocycles. The molecule has 0 unspecified atom stereocenters. The first-order chi connectivity index (χ1) is 13.8.